The number of pyridine rings is 1. The molecule has 0 radical (unpaired) electrons. The number of methoxy groups -OCH3 is 1. The van der Waals surface area contributed by atoms with Crippen LogP contribution >= 0.6 is 0 Å². The summed E-state index contributed by atoms with van der Waals surface area (Å²) in [4.78, 5) is 28.5. The molecule has 1 amide bonds. The van der Waals surface area contributed by atoms with Crippen LogP contribution in [0.3, 0.4) is 0 Å². The molecule has 3 aromatic rings. The first kappa shape index (κ1) is 24.0. The van der Waals surface area contributed by atoms with Crippen LogP contribution in [-0.2, 0) is 13.1 Å². The lowest BCUT2D eigenvalue weighted by atomic mass is 10.0. The molecule has 9 nitrogen and oxygen atoms in total. The molecule has 1 saturated heterocycles. The first-order chi connectivity index (χ1) is 17.5. The van der Waals surface area contributed by atoms with Crippen molar-refractivity contribution in [1.82, 2.24) is 14.4 Å². The van der Waals surface area contributed by atoms with Gasteiger partial charge in [-0.1, -0.05) is 12.1 Å². The monoisotopic (exact) mass is 493 g/mol. The zero-order chi connectivity index (χ0) is 25.1. The highest BCUT2D eigenvalue weighted by Gasteiger charge is 2.28. The maximum absolute atomic E-state index is 12.6. The van der Waals surface area contributed by atoms with Gasteiger partial charge in [-0.15, -0.1) is 0 Å². The van der Waals surface area contributed by atoms with Gasteiger partial charge in [0.2, 0.25) is 0 Å². The van der Waals surface area contributed by atoms with E-state index in [9.17, 15) is 14.7 Å². The van der Waals surface area contributed by atoms with Gasteiger partial charge in [-0.25, -0.2) is 4.79 Å². The zero-order valence-corrected chi connectivity index (χ0v) is 20.4. The Kier molecular flexibility index (Phi) is 6.99. The largest absolute Gasteiger partial charge is 0.496 e. The molecule has 1 aromatic heterocycles. The fraction of sp³-hybridized carbons (Fsp3) is 0.407. The average molecular weight is 494 g/mol. The Hall–Kier alpha value is -3.72. The molecule has 36 heavy (non-hydrogen) atoms. The summed E-state index contributed by atoms with van der Waals surface area (Å²) in [7, 11) is 1.63. The van der Waals surface area contributed by atoms with Gasteiger partial charge in [0.25, 0.3) is 5.56 Å². The van der Waals surface area contributed by atoms with Crippen molar-refractivity contribution in [2.45, 2.75) is 32.0 Å². The maximum Gasteiger partial charge on any atom is 0.407 e. The van der Waals surface area contributed by atoms with E-state index < -0.39 is 6.09 Å². The van der Waals surface area contributed by atoms with Crippen LogP contribution in [0.5, 0.6) is 17.2 Å². The van der Waals surface area contributed by atoms with Crippen LogP contribution in [0.2, 0.25) is 0 Å². The lowest BCUT2D eigenvalue weighted by Gasteiger charge is -2.37. The fourth-order valence-electron chi connectivity index (χ4n) is 5.14. The first-order valence-electron chi connectivity index (χ1n) is 12.3. The molecule has 0 aliphatic carbocycles. The van der Waals surface area contributed by atoms with E-state index in [1.54, 1.807) is 23.8 Å². The molecule has 0 spiro atoms. The summed E-state index contributed by atoms with van der Waals surface area (Å²) >= 11 is 0. The van der Waals surface area contributed by atoms with Crippen molar-refractivity contribution in [3.63, 3.8) is 0 Å². The molecule has 2 aliphatic rings. The standard InChI is InChI=1S/C27H31N3O6/c1-34-23-4-2-3-22-21(23)6-8-26(31)29(22)14-13-28-11-9-20(10-12-28)30(27(32)33)18-19-5-7-24-25(17-19)36-16-15-35-24/h2-8,17,20H,9-16,18H2,1H3,(H,32,33). The molecule has 5 rings (SSSR count). The minimum atomic E-state index is -0.917. The molecule has 1 fully saturated rings. The van der Waals surface area contributed by atoms with Crippen molar-refractivity contribution in [2.75, 3.05) is 40.0 Å². The predicted molar refractivity (Wildman–Crippen MR) is 135 cm³/mol. The number of amides is 1. The van der Waals surface area contributed by atoms with Gasteiger partial charge in [0.1, 0.15) is 19.0 Å². The summed E-state index contributed by atoms with van der Waals surface area (Å²) < 4.78 is 18.5. The summed E-state index contributed by atoms with van der Waals surface area (Å²) in [6, 6.07) is 14.7. The second kappa shape index (κ2) is 10.5. The summed E-state index contributed by atoms with van der Waals surface area (Å²) in [6.07, 6.45) is 0.573. The second-order valence-electron chi connectivity index (χ2n) is 9.18. The number of hydrogen-bond acceptors (Lipinski definition) is 6. The fourth-order valence-corrected chi connectivity index (χ4v) is 5.14. The van der Waals surface area contributed by atoms with Gasteiger partial charge in [-0.2, -0.15) is 0 Å². The number of carbonyl (C=O) groups is 1. The third-order valence-electron chi connectivity index (χ3n) is 7.06. The van der Waals surface area contributed by atoms with E-state index in [2.05, 4.69) is 4.90 Å². The topological polar surface area (TPSA) is 93.5 Å². The van der Waals surface area contributed by atoms with Gasteiger partial charge in [-0.05, 0) is 48.7 Å². The van der Waals surface area contributed by atoms with E-state index in [0.717, 1.165) is 54.7 Å². The average Bonchev–Trinajstić information content (AvgIpc) is 2.91. The normalized spacial score (nSPS) is 16.1. The molecule has 2 aliphatic heterocycles. The van der Waals surface area contributed by atoms with Crippen LogP contribution in [0.15, 0.2) is 53.3 Å². The Bertz CT molecular complexity index is 1300. The van der Waals surface area contributed by atoms with E-state index >= 15 is 0 Å². The van der Waals surface area contributed by atoms with Gasteiger partial charge in [0.15, 0.2) is 11.5 Å². The summed E-state index contributed by atoms with van der Waals surface area (Å²) in [6.45, 7) is 4.16. The Morgan fingerprint density at radius 3 is 2.58 bits per heavy atom. The van der Waals surface area contributed by atoms with Crippen molar-refractivity contribution >= 4 is 17.0 Å². The first-order valence-corrected chi connectivity index (χ1v) is 12.3. The minimum Gasteiger partial charge on any atom is -0.496 e. The molecular formula is C27H31N3O6. The van der Waals surface area contributed by atoms with Crippen LogP contribution in [-0.4, -0.2) is 71.6 Å². The smallest absolute Gasteiger partial charge is 0.407 e. The summed E-state index contributed by atoms with van der Waals surface area (Å²) in [5.41, 5.74) is 1.70. The van der Waals surface area contributed by atoms with Crippen LogP contribution in [0.4, 0.5) is 4.79 Å². The molecule has 9 heteroatoms. The molecule has 1 N–H and O–H groups in total. The Morgan fingerprint density at radius 1 is 1.06 bits per heavy atom. The van der Waals surface area contributed by atoms with Gasteiger partial charge in [0.05, 0.1) is 12.6 Å². The van der Waals surface area contributed by atoms with Gasteiger partial charge in [0, 0.05) is 50.2 Å². The van der Waals surface area contributed by atoms with E-state index in [0.29, 0.717) is 37.8 Å². The zero-order valence-electron chi connectivity index (χ0n) is 20.4. The van der Waals surface area contributed by atoms with Crippen LogP contribution in [0.1, 0.15) is 18.4 Å². The third kappa shape index (κ3) is 4.97. The Balaban J connectivity index is 1.21. The molecule has 190 valence electrons. The number of rotatable bonds is 7. The quantitative estimate of drug-likeness (QED) is 0.539. The number of aromatic nitrogens is 1. The lowest BCUT2D eigenvalue weighted by Crippen LogP contribution is -2.47. The number of carboxylic acid groups (broad SMARTS) is 1. The number of hydrogen-bond donors (Lipinski definition) is 1. The molecule has 0 saturated carbocycles. The number of fused-ring (bicyclic) bond motifs is 2. The third-order valence-corrected chi connectivity index (χ3v) is 7.06. The lowest BCUT2D eigenvalue weighted by molar-refractivity contribution is 0.0856. The summed E-state index contributed by atoms with van der Waals surface area (Å²) in [5, 5.41) is 10.8. The van der Waals surface area contributed by atoms with Crippen molar-refractivity contribution in [1.29, 1.82) is 0 Å². The van der Waals surface area contributed by atoms with Gasteiger partial charge in [-0.3, -0.25) is 4.79 Å². The number of ether oxygens (including phenoxy) is 3. The van der Waals surface area contributed by atoms with E-state index in [1.807, 2.05) is 36.4 Å². The number of benzene rings is 2. The number of nitrogens with zero attached hydrogens (tertiary/aromatic N) is 3. The summed E-state index contributed by atoms with van der Waals surface area (Å²) in [5.74, 6) is 2.11. The van der Waals surface area contributed by atoms with E-state index in [-0.39, 0.29) is 11.6 Å². The van der Waals surface area contributed by atoms with Gasteiger partial charge < -0.3 is 33.7 Å². The van der Waals surface area contributed by atoms with Crippen molar-refractivity contribution in [3.8, 4) is 17.2 Å². The number of piperidine rings is 1. The van der Waals surface area contributed by atoms with Crippen molar-refractivity contribution < 1.29 is 24.1 Å². The highest BCUT2D eigenvalue weighted by atomic mass is 16.6. The molecule has 0 bridgehead atoms. The predicted octanol–water partition coefficient (Wildman–Crippen LogP) is 3.43. The Labute approximate surface area is 209 Å². The molecular weight excluding hydrogens is 462 g/mol. The van der Waals surface area contributed by atoms with Crippen LogP contribution in [0, 0.1) is 0 Å². The molecule has 0 unspecified atom stereocenters. The SMILES string of the molecule is COc1cccc2c1ccc(=O)n2CCN1CCC(N(Cc2ccc3c(c2)OCCO3)C(=O)O)CC1. The molecule has 3 heterocycles. The minimum absolute atomic E-state index is 0.0397. The Morgan fingerprint density at radius 2 is 1.83 bits per heavy atom. The van der Waals surface area contributed by atoms with E-state index in [4.69, 9.17) is 14.2 Å². The maximum atomic E-state index is 12.6. The molecule has 0 atom stereocenters. The number of likely N-dealkylation sites (tertiary alicyclic amines) is 1. The van der Waals surface area contributed by atoms with Crippen molar-refractivity contribution in [2.24, 2.45) is 0 Å². The highest BCUT2D eigenvalue weighted by Crippen LogP contribution is 2.32. The van der Waals surface area contributed by atoms with Gasteiger partial charge >= 0.3 is 6.09 Å². The van der Waals surface area contributed by atoms with E-state index in [1.165, 1.54) is 4.90 Å². The second-order valence-corrected chi connectivity index (χ2v) is 9.18. The van der Waals surface area contributed by atoms with Crippen LogP contribution in [0.25, 0.3) is 10.9 Å². The van der Waals surface area contributed by atoms with Crippen LogP contribution < -0.4 is 19.8 Å². The highest BCUT2D eigenvalue weighted by molar-refractivity contribution is 5.85. The van der Waals surface area contributed by atoms with Crippen molar-refractivity contribution in [3.05, 3.63) is 64.4 Å². The molecule has 2 aromatic carbocycles.